The van der Waals surface area contributed by atoms with E-state index in [4.69, 9.17) is 4.74 Å². The van der Waals surface area contributed by atoms with E-state index in [0.717, 1.165) is 24.0 Å². The van der Waals surface area contributed by atoms with E-state index >= 15 is 0 Å². The van der Waals surface area contributed by atoms with Crippen molar-refractivity contribution in [3.8, 4) is 0 Å². The predicted molar refractivity (Wildman–Crippen MR) is 152 cm³/mol. The smallest absolute Gasteiger partial charge is 0.408 e. The molecule has 7 heteroatoms. The van der Waals surface area contributed by atoms with Crippen LogP contribution in [0.4, 0.5) is 10.5 Å². The molecule has 38 heavy (non-hydrogen) atoms. The van der Waals surface area contributed by atoms with Gasteiger partial charge in [-0.2, -0.15) is 0 Å². The molecule has 0 saturated heterocycles. The number of alkyl carbamates (subject to hydrolysis) is 1. The van der Waals surface area contributed by atoms with Crippen molar-refractivity contribution in [2.75, 3.05) is 5.32 Å². The molecule has 7 nitrogen and oxygen atoms in total. The number of benzene rings is 2. The van der Waals surface area contributed by atoms with E-state index in [9.17, 15) is 14.4 Å². The largest absolute Gasteiger partial charge is 0.444 e. The molecule has 1 aliphatic carbocycles. The van der Waals surface area contributed by atoms with Crippen LogP contribution < -0.4 is 10.6 Å². The van der Waals surface area contributed by atoms with E-state index in [1.807, 2.05) is 69.3 Å². The lowest BCUT2D eigenvalue weighted by molar-refractivity contribution is -0.142. The summed E-state index contributed by atoms with van der Waals surface area (Å²) >= 11 is 0. The molecule has 3 amide bonds. The van der Waals surface area contributed by atoms with Gasteiger partial charge in [0.15, 0.2) is 0 Å². The van der Waals surface area contributed by atoms with Gasteiger partial charge >= 0.3 is 6.09 Å². The number of para-hydroxylation sites is 1. The van der Waals surface area contributed by atoms with E-state index in [0.29, 0.717) is 17.7 Å². The number of aryl methyl sites for hydroxylation is 1. The minimum absolute atomic E-state index is 0.102. The zero-order valence-electron chi connectivity index (χ0n) is 23.4. The molecule has 3 atom stereocenters. The summed E-state index contributed by atoms with van der Waals surface area (Å²) in [5.74, 6) is -0.765. The Morgan fingerprint density at radius 1 is 1.13 bits per heavy atom. The van der Waals surface area contributed by atoms with Gasteiger partial charge in [-0.25, -0.2) is 4.79 Å². The zero-order chi connectivity index (χ0) is 28.0. The Bertz CT molecular complexity index is 1170. The summed E-state index contributed by atoms with van der Waals surface area (Å²) in [5.41, 5.74) is 2.45. The van der Waals surface area contributed by atoms with Gasteiger partial charge in [-0.1, -0.05) is 69.3 Å². The molecule has 3 unspecified atom stereocenters. The number of carbonyl (C=O) groups is 3. The number of rotatable bonds is 10. The fourth-order valence-corrected chi connectivity index (χ4v) is 4.36. The molecule has 0 aromatic heterocycles. The van der Waals surface area contributed by atoms with Crippen molar-refractivity contribution in [3.05, 3.63) is 71.8 Å². The number of nitrogens with zero attached hydrogens (tertiary/aromatic N) is 1. The topological polar surface area (TPSA) is 87.7 Å². The maximum absolute atomic E-state index is 14.3. The first-order valence-electron chi connectivity index (χ1n) is 13.4. The number of hydrogen-bond donors (Lipinski definition) is 2. The molecule has 0 radical (unpaired) electrons. The van der Waals surface area contributed by atoms with Crippen molar-refractivity contribution in [2.45, 2.75) is 84.5 Å². The van der Waals surface area contributed by atoms with Gasteiger partial charge in [0.25, 0.3) is 5.91 Å². The Hall–Kier alpha value is -3.61. The maximum atomic E-state index is 14.3. The van der Waals surface area contributed by atoms with Crippen LogP contribution in [0.5, 0.6) is 0 Å². The Kier molecular flexibility index (Phi) is 9.36. The summed E-state index contributed by atoms with van der Waals surface area (Å²) in [6, 6.07) is 13.2. The molecule has 0 heterocycles. The second kappa shape index (κ2) is 12.3. The van der Waals surface area contributed by atoms with Crippen molar-refractivity contribution in [1.82, 2.24) is 10.2 Å². The lowest BCUT2D eigenvalue weighted by atomic mass is 9.95. The van der Waals surface area contributed by atoms with Crippen LogP contribution in [-0.2, 0) is 14.3 Å². The normalized spacial score (nSPS) is 15.5. The lowest BCUT2D eigenvalue weighted by Crippen LogP contribution is -2.55. The first kappa shape index (κ1) is 29.0. The molecule has 0 spiro atoms. The molecule has 204 valence electrons. The Labute approximate surface area is 226 Å². The van der Waals surface area contributed by atoms with Crippen molar-refractivity contribution in [2.24, 2.45) is 5.92 Å². The number of carbonyl (C=O) groups excluding carboxylic acids is 3. The number of hydrogen-bond acceptors (Lipinski definition) is 4. The fraction of sp³-hybridized carbons (Fsp3) is 0.452. The van der Waals surface area contributed by atoms with Gasteiger partial charge in [-0.3, -0.25) is 9.59 Å². The SMILES string of the molecule is C=Cc1cccc(C(C(=O)Nc2ccccc2C)N(C(=O)C(NC(=O)OC(C)(C)C)C(C)CC)C2CC2)c1. The molecule has 0 bridgehead atoms. The Balaban J connectivity index is 2.04. The van der Waals surface area contributed by atoms with Gasteiger partial charge in [-0.15, -0.1) is 0 Å². The number of amides is 3. The highest BCUT2D eigenvalue weighted by molar-refractivity contribution is 5.99. The van der Waals surface area contributed by atoms with E-state index in [2.05, 4.69) is 17.2 Å². The summed E-state index contributed by atoms with van der Waals surface area (Å²) in [6.45, 7) is 15.0. The van der Waals surface area contributed by atoms with Gasteiger partial charge in [0.05, 0.1) is 0 Å². The molecule has 2 aromatic rings. The fourth-order valence-electron chi connectivity index (χ4n) is 4.36. The van der Waals surface area contributed by atoms with Crippen LogP contribution >= 0.6 is 0 Å². The second-order valence-corrected chi connectivity index (χ2v) is 11.1. The number of anilines is 1. The third-order valence-electron chi connectivity index (χ3n) is 6.74. The van der Waals surface area contributed by atoms with Gasteiger partial charge in [0.1, 0.15) is 17.7 Å². The van der Waals surface area contributed by atoms with Crippen LogP contribution in [0.1, 0.15) is 76.6 Å². The summed E-state index contributed by atoms with van der Waals surface area (Å²) in [5, 5.41) is 5.86. The number of ether oxygens (including phenoxy) is 1. The first-order chi connectivity index (χ1) is 17.9. The second-order valence-electron chi connectivity index (χ2n) is 11.1. The molecular weight excluding hydrogens is 478 g/mol. The summed E-state index contributed by atoms with van der Waals surface area (Å²) in [4.78, 5) is 42.7. The van der Waals surface area contributed by atoms with Crippen LogP contribution in [0.25, 0.3) is 6.08 Å². The van der Waals surface area contributed by atoms with Crippen molar-refractivity contribution in [1.29, 1.82) is 0 Å². The minimum atomic E-state index is -0.888. The lowest BCUT2D eigenvalue weighted by Gasteiger charge is -2.36. The molecule has 2 N–H and O–H groups in total. The van der Waals surface area contributed by atoms with Crippen LogP contribution in [0, 0.1) is 12.8 Å². The Morgan fingerprint density at radius 3 is 2.39 bits per heavy atom. The summed E-state index contributed by atoms with van der Waals surface area (Å²) in [6.07, 6.45) is 3.31. The molecule has 1 aliphatic rings. The van der Waals surface area contributed by atoms with E-state index in [-0.39, 0.29) is 23.8 Å². The van der Waals surface area contributed by atoms with Crippen LogP contribution in [0.3, 0.4) is 0 Å². The highest BCUT2D eigenvalue weighted by Gasteiger charge is 2.45. The maximum Gasteiger partial charge on any atom is 0.408 e. The highest BCUT2D eigenvalue weighted by Crippen LogP contribution is 2.37. The molecule has 1 saturated carbocycles. The van der Waals surface area contributed by atoms with Gasteiger partial charge in [-0.05, 0) is 75.3 Å². The number of nitrogens with one attached hydrogen (secondary N) is 2. The minimum Gasteiger partial charge on any atom is -0.444 e. The quantitative estimate of drug-likeness (QED) is 0.388. The molecule has 0 aliphatic heterocycles. The molecule has 3 rings (SSSR count). The molecule has 2 aromatic carbocycles. The average Bonchev–Trinajstić information content (AvgIpc) is 3.70. The van der Waals surface area contributed by atoms with Gasteiger partial charge in [0.2, 0.25) is 5.91 Å². The highest BCUT2D eigenvalue weighted by atomic mass is 16.6. The summed E-state index contributed by atoms with van der Waals surface area (Å²) in [7, 11) is 0. The molecular formula is C31H41N3O4. The summed E-state index contributed by atoms with van der Waals surface area (Å²) < 4.78 is 5.47. The van der Waals surface area contributed by atoms with E-state index in [1.165, 1.54) is 0 Å². The average molecular weight is 520 g/mol. The van der Waals surface area contributed by atoms with Crippen LogP contribution in [-0.4, -0.2) is 40.5 Å². The van der Waals surface area contributed by atoms with Crippen molar-refractivity contribution >= 4 is 29.7 Å². The van der Waals surface area contributed by atoms with Crippen molar-refractivity contribution < 1.29 is 19.1 Å². The van der Waals surface area contributed by atoms with E-state index < -0.39 is 23.8 Å². The van der Waals surface area contributed by atoms with Crippen molar-refractivity contribution in [3.63, 3.8) is 0 Å². The third-order valence-corrected chi connectivity index (χ3v) is 6.74. The first-order valence-corrected chi connectivity index (χ1v) is 13.4. The van der Waals surface area contributed by atoms with Crippen LogP contribution in [0.2, 0.25) is 0 Å². The zero-order valence-corrected chi connectivity index (χ0v) is 23.4. The van der Waals surface area contributed by atoms with Crippen LogP contribution in [0.15, 0.2) is 55.1 Å². The Morgan fingerprint density at radius 2 is 1.82 bits per heavy atom. The monoisotopic (exact) mass is 519 g/mol. The van der Waals surface area contributed by atoms with Gasteiger partial charge in [0, 0.05) is 11.7 Å². The predicted octanol–water partition coefficient (Wildman–Crippen LogP) is 6.25. The third kappa shape index (κ3) is 7.46. The molecule has 1 fully saturated rings. The van der Waals surface area contributed by atoms with Gasteiger partial charge < -0.3 is 20.3 Å². The standard InChI is InChI=1S/C31H41N3O4/c1-8-20(3)26(33-30(37)38-31(5,6)7)29(36)34(24-17-18-24)27(23-15-12-14-22(9-2)19-23)28(35)32-25-16-11-10-13-21(25)4/h9-16,19-20,24,26-27H,2,8,17-18H2,1,3-7H3,(H,32,35)(H,33,37). The van der Waals surface area contributed by atoms with E-state index in [1.54, 1.807) is 31.7 Å².